The second-order valence-electron chi connectivity index (χ2n) is 10.2. The van der Waals surface area contributed by atoms with Gasteiger partial charge in [0.1, 0.15) is 5.75 Å². The number of hydrogen-bond acceptors (Lipinski definition) is 2. The number of para-hydroxylation sites is 1. The van der Waals surface area contributed by atoms with Crippen molar-refractivity contribution in [1.29, 1.82) is 0 Å². The van der Waals surface area contributed by atoms with Gasteiger partial charge in [0.25, 0.3) is 0 Å². The zero-order valence-corrected chi connectivity index (χ0v) is 20.7. The summed E-state index contributed by atoms with van der Waals surface area (Å²) in [4.78, 5) is 4.67. The van der Waals surface area contributed by atoms with Crippen molar-refractivity contribution in [2.45, 2.75) is 59.3 Å². The Balaban J connectivity index is 2.07. The first kappa shape index (κ1) is 23.2. The average Bonchev–Trinajstić information content (AvgIpc) is 2.68. The molecule has 0 aliphatic rings. The van der Waals surface area contributed by atoms with Crippen LogP contribution in [0.15, 0.2) is 65.7 Å². The van der Waals surface area contributed by atoms with Gasteiger partial charge in [0, 0.05) is 22.6 Å². The Labute approximate surface area is 189 Å². The number of hydrogen-bond donors (Lipinski definition) is 1. The standard InChI is InChI=1S/C28H34NOP/c1-19-13-14-24(20(15-19)18-29-22-11-9-8-10-12-22)31-25-17-21(27(2,3)4)16-23(26(25)30)28(5,6)7/h8-18,30-31H,1-7H3. The van der Waals surface area contributed by atoms with E-state index in [0.29, 0.717) is 14.3 Å². The minimum atomic E-state index is -0.130. The highest BCUT2D eigenvalue weighted by Crippen LogP contribution is 2.36. The van der Waals surface area contributed by atoms with Gasteiger partial charge in [-0.25, -0.2) is 0 Å². The van der Waals surface area contributed by atoms with Gasteiger partial charge in [-0.3, -0.25) is 4.99 Å². The maximum absolute atomic E-state index is 11.2. The lowest BCUT2D eigenvalue weighted by Gasteiger charge is -2.27. The molecule has 0 saturated carbocycles. The third kappa shape index (κ3) is 5.83. The van der Waals surface area contributed by atoms with E-state index in [4.69, 9.17) is 0 Å². The van der Waals surface area contributed by atoms with Crippen LogP contribution >= 0.6 is 8.58 Å². The maximum Gasteiger partial charge on any atom is 0.127 e. The van der Waals surface area contributed by atoms with Gasteiger partial charge in [0.05, 0.1) is 5.69 Å². The van der Waals surface area contributed by atoms with E-state index >= 15 is 0 Å². The summed E-state index contributed by atoms with van der Waals surface area (Å²) >= 11 is 0. The Kier molecular flexibility index (Phi) is 6.72. The molecule has 1 atom stereocenters. The minimum absolute atomic E-state index is 0.0117. The number of phenolic OH excluding ortho intramolecular Hbond substituents is 1. The lowest BCUT2D eigenvalue weighted by atomic mass is 9.80. The topological polar surface area (TPSA) is 32.6 Å². The van der Waals surface area contributed by atoms with Gasteiger partial charge in [-0.15, -0.1) is 0 Å². The number of nitrogens with zero attached hydrogens (tertiary/aromatic N) is 1. The van der Waals surface area contributed by atoms with Crippen molar-refractivity contribution < 1.29 is 5.11 Å². The first-order valence-electron chi connectivity index (χ1n) is 10.8. The molecule has 3 rings (SSSR count). The smallest absolute Gasteiger partial charge is 0.127 e. The van der Waals surface area contributed by atoms with Crippen molar-refractivity contribution >= 4 is 31.1 Å². The molecule has 0 bridgehead atoms. The summed E-state index contributed by atoms with van der Waals surface area (Å²) in [5, 5.41) is 13.4. The lowest BCUT2D eigenvalue weighted by molar-refractivity contribution is 0.449. The molecule has 0 spiro atoms. The monoisotopic (exact) mass is 431 g/mol. The molecule has 0 aliphatic heterocycles. The number of aliphatic imine (C=N–C) groups is 1. The highest BCUT2D eigenvalue weighted by Gasteiger charge is 2.25. The summed E-state index contributed by atoms with van der Waals surface area (Å²) in [7, 11) is 0.348. The summed E-state index contributed by atoms with van der Waals surface area (Å²) in [6.45, 7) is 15.2. The van der Waals surface area contributed by atoms with Crippen molar-refractivity contribution in [3.8, 4) is 5.75 Å². The number of aromatic hydroxyl groups is 1. The Morgan fingerprint density at radius 2 is 1.48 bits per heavy atom. The Morgan fingerprint density at radius 3 is 2.10 bits per heavy atom. The van der Waals surface area contributed by atoms with Crippen LogP contribution in [-0.4, -0.2) is 11.3 Å². The van der Waals surface area contributed by atoms with Crippen LogP contribution in [0.3, 0.4) is 0 Å². The van der Waals surface area contributed by atoms with Crippen molar-refractivity contribution in [3.05, 3.63) is 82.9 Å². The molecule has 0 amide bonds. The Bertz CT molecular complexity index is 1090. The summed E-state index contributed by atoms with van der Waals surface area (Å²) < 4.78 is 0. The van der Waals surface area contributed by atoms with Crippen LogP contribution in [0.4, 0.5) is 5.69 Å². The second kappa shape index (κ2) is 8.97. The van der Waals surface area contributed by atoms with E-state index in [1.165, 1.54) is 16.4 Å². The molecule has 0 radical (unpaired) electrons. The van der Waals surface area contributed by atoms with Crippen LogP contribution in [-0.2, 0) is 10.8 Å². The van der Waals surface area contributed by atoms with E-state index in [1.807, 2.05) is 36.5 Å². The zero-order valence-electron chi connectivity index (χ0n) is 19.7. The number of rotatable bonds is 4. The number of benzene rings is 3. The maximum atomic E-state index is 11.2. The third-order valence-electron chi connectivity index (χ3n) is 5.37. The molecule has 0 aliphatic carbocycles. The average molecular weight is 432 g/mol. The molecule has 1 unspecified atom stereocenters. The number of phenols is 1. The molecule has 0 aromatic heterocycles. The molecule has 162 valence electrons. The van der Waals surface area contributed by atoms with Crippen LogP contribution in [0, 0.1) is 6.92 Å². The Hall–Kier alpha value is -2.44. The molecule has 31 heavy (non-hydrogen) atoms. The molecule has 0 saturated heterocycles. The predicted molar refractivity (Wildman–Crippen MR) is 138 cm³/mol. The quantitative estimate of drug-likeness (QED) is 0.363. The van der Waals surface area contributed by atoms with Crippen LogP contribution in [0.1, 0.15) is 63.8 Å². The number of aryl methyl sites for hydroxylation is 1. The van der Waals surface area contributed by atoms with Gasteiger partial charge in [-0.2, -0.15) is 0 Å². The van der Waals surface area contributed by atoms with Crippen molar-refractivity contribution in [1.82, 2.24) is 0 Å². The van der Waals surface area contributed by atoms with Crippen LogP contribution < -0.4 is 10.6 Å². The first-order valence-corrected chi connectivity index (χ1v) is 11.8. The largest absolute Gasteiger partial charge is 0.507 e. The van der Waals surface area contributed by atoms with Crippen LogP contribution in [0.5, 0.6) is 5.75 Å². The lowest BCUT2D eigenvalue weighted by Crippen LogP contribution is -2.21. The molecular weight excluding hydrogens is 397 g/mol. The van der Waals surface area contributed by atoms with Crippen LogP contribution in [0.2, 0.25) is 0 Å². The summed E-state index contributed by atoms with van der Waals surface area (Å²) in [5.41, 5.74) is 5.38. The summed E-state index contributed by atoms with van der Waals surface area (Å²) in [5.74, 6) is 0.422. The van der Waals surface area contributed by atoms with Gasteiger partial charge >= 0.3 is 0 Å². The van der Waals surface area contributed by atoms with Crippen molar-refractivity contribution in [3.63, 3.8) is 0 Å². The molecule has 3 aromatic rings. The SMILES string of the molecule is Cc1ccc(Pc2cc(C(C)(C)C)cc(C(C)(C)C)c2O)c(C=Nc2ccccc2)c1. The van der Waals surface area contributed by atoms with Gasteiger partial charge < -0.3 is 5.11 Å². The van der Waals surface area contributed by atoms with E-state index in [1.54, 1.807) is 0 Å². The van der Waals surface area contributed by atoms with Crippen LogP contribution in [0.25, 0.3) is 0 Å². The van der Waals surface area contributed by atoms with Gasteiger partial charge in [-0.05, 0) is 52.9 Å². The second-order valence-corrected chi connectivity index (χ2v) is 11.6. The van der Waals surface area contributed by atoms with Crippen molar-refractivity contribution in [2.75, 3.05) is 0 Å². The van der Waals surface area contributed by atoms with E-state index in [9.17, 15) is 5.11 Å². The highest BCUT2D eigenvalue weighted by atomic mass is 31.1. The fourth-order valence-corrected chi connectivity index (χ4v) is 4.66. The molecule has 1 N–H and O–H groups in total. The van der Waals surface area contributed by atoms with Gasteiger partial charge in [0.2, 0.25) is 0 Å². The molecule has 0 heterocycles. The van der Waals surface area contributed by atoms with E-state index in [2.05, 4.69) is 83.8 Å². The first-order chi connectivity index (χ1) is 14.4. The normalized spacial score (nSPS) is 12.9. The summed E-state index contributed by atoms with van der Waals surface area (Å²) in [6, 6.07) is 20.8. The van der Waals surface area contributed by atoms with Gasteiger partial charge in [0.15, 0.2) is 0 Å². The van der Waals surface area contributed by atoms with E-state index < -0.39 is 0 Å². The molecular formula is C28H34NOP. The molecule has 3 heteroatoms. The molecule has 0 fully saturated rings. The minimum Gasteiger partial charge on any atom is -0.507 e. The highest BCUT2D eigenvalue weighted by molar-refractivity contribution is 7.56. The third-order valence-corrected chi connectivity index (χ3v) is 6.74. The summed E-state index contributed by atoms with van der Waals surface area (Å²) in [6.07, 6.45) is 1.94. The van der Waals surface area contributed by atoms with E-state index in [-0.39, 0.29) is 10.8 Å². The fraction of sp³-hybridized carbons (Fsp3) is 0.321. The Morgan fingerprint density at radius 1 is 0.806 bits per heavy atom. The fourth-order valence-electron chi connectivity index (χ4n) is 3.44. The van der Waals surface area contributed by atoms with E-state index in [0.717, 1.165) is 22.1 Å². The van der Waals surface area contributed by atoms with Gasteiger partial charge in [-0.1, -0.05) is 92.1 Å². The zero-order chi connectivity index (χ0) is 22.8. The predicted octanol–water partition coefficient (Wildman–Crippen LogP) is 6.68. The molecule has 3 aromatic carbocycles. The van der Waals surface area contributed by atoms with Crippen molar-refractivity contribution in [2.24, 2.45) is 4.99 Å². The molecule has 2 nitrogen and oxygen atoms in total.